The minimum absolute atomic E-state index is 0.0319. The number of likely N-dealkylation sites (N-methyl/N-ethyl adjacent to an activating group) is 1. The standard InChI is InChI=1S/C29H38N4O/c1-22-3-6-24(7-4-22)25-11-13-33(14-12-25)29(34)30-28-10-9-26-19-23(5-8-27(26)20-28)21-32-17-15-31(2)16-18-32/h3-4,6-7,9-10,19-20,25H,5,8,11-18,21H2,1-2H3,(H,30,34). The van der Waals surface area contributed by atoms with Crippen LogP contribution in [0.25, 0.3) is 6.08 Å². The number of rotatable bonds is 4. The van der Waals surface area contributed by atoms with Crippen molar-refractivity contribution in [3.63, 3.8) is 0 Å². The van der Waals surface area contributed by atoms with E-state index in [0.29, 0.717) is 5.92 Å². The fourth-order valence-electron chi connectivity index (χ4n) is 5.50. The molecule has 2 fully saturated rings. The summed E-state index contributed by atoms with van der Waals surface area (Å²) in [6.07, 6.45) is 6.60. The van der Waals surface area contributed by atoms with E-state index < -0.39 is 0 Å². The Morgan fingerprint density at radius 1 is 0.941 bits per heavy atom. The summed E-state index contributed by atoms with van der Waals surface area (Å²) in [6.45, 7) is 9.49. The number of benzene rings is 2. The summed E-state index contributed by atoms with van der Waals surface area (Å²) >= 11 is 0. The van der Waals surface area contributed by atoms with Crippen LogP contribution in [0.2, 0.25) is 0 Å². The molecule has 2 aliphatic heterocycles. The van der Waals surface area contributed by atoms with Crippen LogP contribution < -0.4 is 5.32 Å². The van der Waals surface area contributed by atoms with Crippen LogP contribution in [0.1, 0.15) is 47.4 Å². The molecule has 0 unspecified atom stereocenters. The van der Waals surface area contributed by atoms with Gasteiger partial charge in [0.25, 0.3) is 0 Å². The summed E-state index contributed by atoms with van der Waals surface area (Å²) in [4.78, 5) is 19.9. The van der Waals surface area contributed by atoms with Gasteiger partial charge in [0.2, 0.25) is 0 Å². The molecule has 2 saturated heterocycles. The number of nitrogens with one attached hydrogen (secondary N) is 1. The second kappa shape index (κ2) is 10.3. The van der Waals surface area contributed by atoms with Crippen molar-refractivity contribution in [3.05, 3.63) is 70.3 Å². The van der Waals surface area contributed by atoms with E-state index in [4.69, 9.17) is 0 Å². The summed E-state index contributed by atoms with van der Waals surface area (Å²) in [7, 11) is 2.21. The lowest BCUT2D eigenvalue weighted by molar-refractivity contribution is 0.163. The molecule has 3 aliphatic rings. The summed E-state index contributed by atoms with van der Waals surface area (Å²) in [5.41, 5.74) is 7.81. The Morgan fingerprint density at radius 2 is 1.68 bits per heavy atom. The maximum atomic E-state index is 12.9. The van der Waals surface area contributed by atoms with E-state index in [9.17, 15) is 4.79 Å². The topological polar surface area (TPSA) is 38.8 Å². The summed E-state index contributed by atoms with van der Waals surface area (Å²) in [6, 6.07) is 15.3. The number of piperidine rings is 1. The predicted molar refractivity (Wildman–Crippen MR) is 140 cm³/mol. The maximum absolute atomic E-state index is 12.9. The first-order chi connectivity index (χ1) is 16.5. The molecule has 2 heterocycles. The molecule has 1 aliphatic carbocycles. The lowest BCUT2D eigenvalue weighted by Gasteiger charge is -2.33. The number of hydrogen-bond donors (Lipinski definition) is 1. The van der Waals surface area contributed by atoms with Gasteiger partial charge in [-0.2, -0.15) is 0 Å². The SMILES string of the molecule is Cc1ccc(C2CCN(C(=O)Nc3ccc4c(c3)CCC(CN3CCN(C)CC3)=C4)CC2)cc1. The Balaban J connectivity index is 1.14. The number of carbonyl (C=O) groups excluding carboxylic acids is 1. The molecule has 34 heavy (non-hydrogen) atoms. The number of aryl methyl sites for hydroxylation is 2. The average molecular weight is 459 g/mol. The third kappa shape index (κ3) is 5.53. The third-order valence-corrected chi connectivity index (χ3v) is 7.82. The highest BCUT2D eigenvalue weighted by Crippen LogP contribution is 2.30. The maximum Gasteiger partial charge on any atom is 0.321 e. The molecule has 0 aromatic heterocycles. The molecule has 5 heteroatoms. The number of likely N-dealkylation sites (tertiary alicyclic amines) is 1. The summed E-state index contributed by atoms with van der Waals surface area (Å²) in [5, 5.41) is 3.16. The van der Waals surface area contributed by atoms with Gasteiger partial charge in [-0.25, -0.2) is 4.79 Å². The van der Waals surface area contributed by atoms with E-state index in [-0.39, 0.29) is 6.03 Å². The van der Waals surface area contributed by atoms with Crippen LogP contribution in [-0.2, 0) is 6.42 Å². The van der Waals surface area contributed by atoms with Crippen LogP contribution in [0.4, 0.5) is 10.5 Å². The Kier molecular flexibility index (Phi) is 7.02. The van der Waals surface area contributed by atoms with Gasteiger partial charge < -0.3 is 15.1 Å². The van der Waals surface area contributed by atoms with Crippen LogP contribution in [0.15, 0.2) is 48.0 Å². The molecule has 0 radical (unpaired) electrons. The second-order valence-corrected chi connectivity index (χ2v) is 10.4. The van der Waals surface area contributed by atoms with Crippen LogP contribution >= 0.6 is 0 Å². The van der Waals surface area contributed by atoms with E-state index in [1.807, 2.05) is 4.90 Å². The molecule has 5 rings (SSSR count). The highest BCUT2D eigenvalue weighted by molar-refractivity contribution is 5.89. The van der Waals surface area contributed by atoms with Gasteiger partial charge >= 0.3 is 6.03 Å². The number of nitrogens with zero attached hydrogens (tertiary/aromatic N) is 3. The molecule has 0 bridgehead atoms. The second-order valence-electron chi connectivity index (χ2n) is 10.4. The van der Waals surface area contributed by atoms with Crippen molar-refractivity contribution in [3.8, 4) is 0 Å². The van der Waals surface area contributed by atoms with Gasteiger partial charge in [0, 0.05) is 51.5 Å². The number of amides is 2. The normalized spacial score (nSPS) is 20.1. The third-order valence-electron chi connectivity index (χ3n) is 7.82. The van der Waals surface area contributed by atoms with Crippen molar-refractivity contribution in [2.75, 3.05) is 58.2 Å². The molecule has 0 atom stereocenters. The Morgan fingerprint density at radius 3 is 2.41 bits per heavy atom. The molecule has 5 nitrogen and oxygen atoms in total. The van der Waals surface area contributed by atoms with Crippen molar-refractivity contribution in [2.24, 2.45) is 0 Å². The van der Waals surface area contributed by atoms with Gasteiger partial charge in [0.15, 0.2) is 0 Å². The number of piperazine rings is 1. The minimum Gasteiger partial charge on any atom is -0.324 e. The largest absolute Gasteiger partial charge is 0.324 e. The Hall–Kier alpha value is -2.63. The van der Waals surface area contributed by atoms with Gasteiger partial charge in [-0.05, 0) is 74.4 Å². The van der Waals surface area contributed by atoms with Crippen molar-refractivity contribution in [1.82, 2.24) is 14.7 Å². The first kappa shape index (κ1) is 23.1. The lowest BCUT2D eigenvalue weighted by atomic mass is 9.89. The van der Waals surface area contributed by atoms with Gasteiger partial charge in [-0.3, -0.25) is 4.90 Å². The van der Waals surface area contributed by atoms with Crippen molar-refractivity contribution < 1.29 is 4.79 Å². The summed E-state index contributed by atoms with van der Waals surface area (Å²) in [5.74, 6) is 0.556. The molecular formula is C29H38N4O. The highest BCUT2D eigenvalue weighted by Gasteiger charge is 2.24. The zero-order valence-corrected chi connectivity index (χ0v) is 20.7. The van der Waals surface area contributed by atoms with E-state index in [1.54, 1.807) is 0 Å². The molecule has 2 amide bonds. The van der Waals surface area contributed by atoms with Gasteiger partial charge in [0.1, 0.15) is 0 Å². The van der Waals surface area contributed by atoms with Crippen LogP contribution in [0.3, 0.4) is 0 Å². The monoisotopic (exact) mass is 458 g/mol. The van der Waals surface area contributed by atoms with Crippen molar-refractivity contribution in [1.29, 1.82) is 0 Å². The first-order valence-corrected chi connectivity index (χ1v) is 12.9. The van der Waals surface area contributed by atoms with Crippen LogP contribution in [0.5, 0.6) is 0 Å². The Labute approximate surface area is 204 Å². The number of fused-ring (bicyclic) bond motifs is 1. The summed E-state index contributed by atoms with van der Waals surface area (Å²) < 4.78 is 0. The van der Waals surface area contributed by atoms with E-state index in [0.717, 1.165) is 77.2 Å². The van der Waals surface area contributed by atoms with E-state index >= 15 is 0 Å². The number of anilines is 1. The van der Waals surface area contributed by atoms with E-state index in [2.05, 4.69) is 77.6 Å². The fraction of sp³-hybridized carbons (Fsp3) is 0.483. The minimum atomic E-state index is 0.0319. The van der Waals surface area contributed by atoms with E-state index in [1.165, 1.54) is 27.8 Å². The van der Waals surface area contributed by atoms with Gasteiger partial charge in [-0.1, -0.05) is 47.5 Å². The predicted octanol–water partition coefficient (Wildman–Crippen LogP) is 4.98. The van der Waals surface area contributed by atoms with Gasteiger partial charge in [0.05, 0.1) is 0 Å². The zero-order chi connectivity index (χ0) is 23.5. The van der Waals surface area contributed by atoms with Crippen molar-refractivity contribution in [2.45, 2.75) is 38.5 Å². The molecule has 180 valence electrons. The lowest BCUT2D eigenvalue weighted by Crippen LogP contribution is -2.45. The molecule has 2 aromatic rings. The van der Waals surface area contributed by atoms with Crippen LogP contribution in [0, 0.1) is 6.92 Å². The van der Waals surface area contributed by atoms with Crippen molar-refractivity contribution >= 4 is 17.8 Å². The Bertz CT molecular complexity index is 1030. The van der Waals surface area contributed by atoms with Gasteiger partial charge in [-0.15, -0.1) is 0 Å². The first-order valence-electron chi connectivity index (χ1n) is 12.9. The molecule has 0 saturated carbocycles. The molecule has 1 N–H and O–H groups in total. The molecular weight excluding hydrogens is 420 g/mol. The average Bonchev–Trinajstić information content (AvgIpc) is 2.86. The highest BCUT2D eigenvalue weighted by atomic mass is 16.2. The smallest absolute Gasteiger partial charge is 0.321 e. The number of hydrogen-bond acceptors (Lipinski definition) is 3. The zero-order valence-electron chi connectivity index (χ0n) is 20.7. The number of carbonyl (C=O) groups is 1. The quantitative estimate of drug-likeness (QED) is 0.702. The molecule has 2 aromatic carbocycles. The molecule has 0 spiro atoms. The fourth-order valence-corrected chi connectivity index (χ4v) is 5.50. The van der Waals surface area contributed by atoms with Crippen LogP contribution in [-0.4, -0.2) is 73.6 Å². The number of urea groups is 1.